The van der Waals surface area contributed by atoms with Crippen molar-refractivity contribution in [1.29, 1.82) is 0 Å². The van der Waals surface area contributed by atoms with Gasteiger partial charge in [-0.3, -0.25) is 0 Å². The van der Waals surface area contributed by atoms with Gasteiger partial charge in [-0.25, -0.2) is 17.7 Å². The van der Waals surface area contributed by atoms with Crippen molar-refractivity contribution >= 4 is 16.0 Å². The zero-order valence-electron chi connectivity index (χ0n) is 16.6. The zero-order valence-corrected chi connectivity index (χ0v) is 17.4. The fraction of sp³-hybridized carbons (Fsp3) is 0.632. The smallest absolute Gasteiger partial charge is 0.242 e. The van der Waals surface area contributed by atoms with Crippen molar-refractivity contribution in [3.05, 3.63) is 29.8 Å². The summed E-state index contributed by atoms with van der Waals surface area (Å²) in [6.07, 6.45) is 1.24. The van der Waals surface area contributed by atoms with Crippen molar-refractivity contribution in [2.75, 3.05) is 33.7 Å². The molecule has 1 aromatic carbocycles. The van der Waals surface area contributed by atoms with E-state index >= 15 is 0 Å². The molecule has 2 rings (SSSR count). The van der Waals surface area contributed by atoms with Crippen molar-refractivity contribution < 1.29 is 8.42 Å². The standard InChI is InChI=1S/C19H32N4O2S/c1-6-20-19(23-13-15(2)11-16(3)14-23)21-12-17-9-7-8-10-18(17)26(24,25)22(4)5/h7-10,15-16H,6,11-14H2,1-5H3,(H,20,21). The quantitative estimate of drug-likeness (QED) is 0.629. The van der Waals surface area contributed by atoms with E-state index in [2.05, 4.69) is 31.0 Å². The van der Waals surface area contributed by atoms with Crippen LogP contribution in [0.15, 0.2) is 34.2 Å². The molecule has 2 unspecified atom stereocenters. The fourth-order valence-corrected chi connectivity index (χ4v) is 4.61. The summed E-state index contributed by atoms with van der Waals surface area (Å²) < 4.78 is 26.4. The number of guanidine groups is 1. The zero-order chi connectivity index (χ0) is 19.3. The Morgan fingerprint density at radius 2 is 1.85 bits per heavy atom. The molecule has 1 aliphatic heterocycles. The summed E-state index contributed by atoms with van der Waals surface area (Å²) >= 11 is 0. The fourth-order valence-electron chi connectivity index (χ4n) is 3.50. The predicted octanol–water partition coefficient (Wildman–Crippen LogP) is 2.38. The Bertz CT molecular complexity index is 721. The number of nitrogens with one attached hydrogen (secondary N) is 1. The molecule has 0 amide bonds. The number of benzene rings is 1. The third-order valence-electron chi connectivity index (χ3n) is 4.63. The second kappa shape index (κ2) is 8.86. The SMILES string of the molecule is CCNC(=NCc1ccccc1S(=O)(=O)N(C)C)N1CC(C)CC(C)C1. The van der Waals surface area contributed by atoms with E-state index in [0.717, 1.165) is 31.2 Å². The second-order valence-corrected chi connectivity index (χ2v) is 9.54. The average Bonchev–Trinajstić information content (AvgIpc) is 2.57. The molecule has 1 N–H and O–H groups in total. The molecule has 0 bridgehead atoms. The number of sulfonamides is 1. The van der Waals surface area contributed by atoms with Gasteiger partial charge in [-0.15, -0.1) is 0 Å². The van der Waals surface area contributed by atoms with Gasteiger partial charge >= 0.3 is 0 Å². The number of aliphatic imine (C=N–C) groups is 1. The molecule has 0 aromatic heterocycles. The molecule has 1 aliphatic rings. The summed E-state index contributed by atoms with van der Waals surface area (Å²) in [4.78, 5) is 7.38. The lowest BCUT2D eigenvalue weighted by Gasteiger charge is -2.37. The van der Waals surface area contributed by atoms with Crippen LogP contribution in [-0.2, 0) is 16.6 Å². The van der Waals surface area contributed by atoms with Crippen molar-refractivity contribution in [3.8, 4) is 0 Å². The topological polar surface area (TPSA) is 65.0 Å². The van der Waals surface area contributed by atoms with Crippen LogP contribution < -0.4 is 5.32 Å². The number of hydrogen-bond donors (Lipinski definition) is 1. The lowest BCUT2D eigenvalue weighted by Crippen LogP contribution is -2.48. The van der Waals surface area contributed by atoms with E-state index in [1.54, 1.807) is 26.2 Å². The Hall–Kier alpha value is -1.60. The Kier molecular flexibility index (Phi) is 7.06. The molecular weight excluding hydrogens is 348 g/mol. The maximum absolute atomic E-state index is 12.6. The largest absolute Gasteiger partial charge is 0.357 e. The van der Waals surface area contributed by atoms with Gasteiger partial charge in [-0.05, 0) is 36.8 Å². The monoisotopic (exact) mass is 380 g/mol. The van der Waals surface area contributed by atoms with Crippen LogP contribution in [0.25, 0.3) is 0 Å². The highest BCUT2D eigenvalue weighted by atomic mass is 32.2. The van der Waals surface area contributed by atoms with E-state index in [1.165, 1.54) is 10.7 Å². The van der Waals surface area contributed by atoms with Gasteiger partial charge in [0.25, 0.3) is 0 Å². The van der Waals surface area contributed by atoms with Crippen LogP contribution in [0.2, 0.25) is 0 Å². The van der Waals surface area contributed by atoms with Crippen LogP contribution in [0, 0.1) is 11.8 Å². The number of rotatable bonds is 5. The predicted molar refractivity (Wildman–Crippen MR) is 107 cm³/mol. The minimum Gasteiger partial charge on any atom is -0.357 e. The summed E-state index contributed by atoms with van der Waals surface area (Å²) in [6.45, 7) is 9.68. The van der Waals surface area contributed by atoms with Gasteiger partial charge in [-0.1, -0.05) is 32.0 Å². The van der Waals surface area contributed by atoms with Gasteiger partial charge in [-0.2, -0.15) is 0 Å². The molecule has 146 valence electrons. The van der Waals surface area contributed by atoms with Crippen molar-refractivity contribution in [1.82, 2.24) is 14.5 Å². The molecule has 6 nitrogen and oxygen atoms in total. The first-order valence-corrected chi connectivity index (χ1v) is 10.7. The molecule has 1 fully saturated rings. The van der Waals surface area contributed by atoms with Crippen LogP contribution in [0.1, 0.15) is 32.8 Å². The molecule has 1 heterocycles. The van der Waals surface area contributed by atoms with Gasteiger partial charge in [0, 0.05) is 33.7 Å². The highest BCUT2D eigenvalue weighted by Crippen LogP contribution is 2.22. The van der Waals surface area contributed by atoms with Gasteiger partial charge in [0.05, 0.1) is 11.4 Å². The number of piperidine rings is 1. The summed E-state index contributed by atoms with van der Waals surface area (Å²) in [5.41, 5.74) is 0.717. The van der Waals surface area contributed by atoms with Gasteiger partial charge in [0.15, 0.2) is 5.96 Å². The van der Waals surface area contributed by atoms with E-state index in [1.807, 2.05) is 12.1 Å². The maximum atomic E-state index is 12.6. The van der Waals surface area contributed by atoms with Crippen LogP contribution in [-0.4, -0.2) is 57.3 Å². The first kappa shape index (κ1) is 20.7. The van der Waals surface area contributed by atoms with Crippen molar-refractivity contribution in [3.63, 3.8) is 0 Å². The molecule has 1 saturated heterocycles. The van der Waals surface area contributed by atoms with E-state index in [4.69, 9.17) is 4.99 Å². The van der Waals surface area contributed by atoms with E-state index in [0.29, 0.717) is 23.3 Å². The molecule has 0 radical (unpaired) electrons. The van der Waals surface area contributed by atoms with E-state index in [-0.39, 0.29) is 0 Å². The third-order valence-corrected chi connectivity index (χ3v) is 6.55. The lowest BCUT2D eigenvalue weighted by molar-refractivity contribution is 0.208. The minimum atomic E-state index is -3.48. The number of nitrogens with zero attached hydrogens (tertiary/aromatic N) is 3. The molecule has 7 heteroatoms. The van der Waals surface area contributed by atoms with Crippen LogP contribution in [0.4, 0.5) is 0 Å². The summed E-state index contributed by atoms with van der Waals surface area (Å²) in [5, 5.41) is 3.36. The molecule has 0 spiro atoms. The molecule has 0 saturated carbocycles. The lowest BCUT2D eigenvalue weighted by atomic mass is 9.92. The minimum absolute atomic E-state index is 0.324. The van der Waals surface area contributed by atoms with Crippen LogP contribution in [0.5, 0.6) is 0 Å². The molecule has 2 atom stereocenters. The van der Waals surface area contributed by atoms with Gasteiger partial charge in [0.2, 0.25) is 10.0 Å². The Morgan fingerprint density at radius 1 is 1.23 bits per heavy atom. The Balaban J connectivity index is 2.28. The molecule has 1 aromatic rings. The summed E-state index contributed by atoms with van der Waals surface area (Å²) in [7, 11) is -0.377. The molecule has 0 aliphatic carbocycles. The van der Waals surface area contributed by atoms with Crippen LogP contribution in [0.3, 0.4) is 0 Å². The maximum Gasteiger partial charge on any atom is 0.242 e. The molecular formula is C19H32N4O2S. The normalized spacial score (nSPS) is 21.9. The van der Waals surface area contributed by atoms with Gasteiger partial charge < -0.3 is 10.2 Å². The Morgan fingerprint density at radius 3 is 2.42 bits per heavy atom. The van der Waals surface area contributed by atoms with Crippen molar-refractivity contribution in [2.45, 2.75) is 38.6 Å². The number of likely N-dealkylation sites (tertiary alicyclic amines) is 1. The summed E-state index contributed by atoms with van der Waals surface area (Å²) in [6, 6.07) is 7.10. The van der Waals surface area contributed by atoms with Crippen LogP contribution >= 0.6 is 0 Å². The van der Waals surface area contributed by atoms with E-state index in [9.17, 15) is 8.42 Å². The average molecular weight is 381 g/mol. The number of hydrogen-bond acceptors (Lipinski definition) is 3. The van der Waals surface area contributed by atoms with Crippen molar-refractivity contribution in [2.24, 2.45) is 16.8 Å². The highest BCUT2D eigenvalue weighted by molar-refractivity contribution is 7.89. The van der Waals surface area contributed by atoms with E-state index < -0.39 is 10.0 Å². The molecule has 26 heavy (non-hydrogen) atoms. The van der Waals surface area contributed by atoms with Gasteiger partial charge in [0.1, 0.15) is 0 Å². The summed E-state index contributed by atoms with van der Waals surface area (Å²) in [5.74, 6) is 2.12. The third kappa shape index (κ3) is 4.98. The first-order chi connectivity index (χ1) is 12.3. The Labute approximate surface area is 158 Å². The second-order valence-electron chi connectivity index (χ2n) is 7.42. The highest BCUT2D eigenvalue weighted by Gasteiger charge is 2.24. The first-order valence-electron chi connectivity index (χ1n) is 9.29.